The van der Waals surface area contributed by atoms with Gasteiger partial charge in [-0.2, -0.15) is 0 Å². The van der Waals surface area contributed by atoms with Crippen molar-refractivity contribution >= 4 is 5.91 Å². The van der Waals surface area contributed by atoms with Crippen LogP contribution in [-0.4, -0.2) is 11.9 Å². The first-order valence-electron chi connectivity index (χ1n) is 7.77. The fourth-order valence-corrected chi connectivity index (χ4v) is 2.32. The van der Waals surface area contributed by atoms with Gasteiger partial charge in [0.25, 0.3) is 5.91 Å². The number of hydrogen-bond donors (Lipinski definition) is 1. The first-order valence-corrected chi connectivity index (χ1v) is 7.77. The van der Waals surface area contributed by atoms with Gasteiger partial charge in [-0.05, 0) is 31.0 Å². The largest absolute Gasteiger partial charge is 0.488 e. The number of hydrogen-bond acceptors (Lipinski definition) is 2. The molecular formula is C19H23NO2. The summed E-state index contributed by atoms with van der Waals surface area (Å²) in [4.78, 5) is 12.4. The topological polar surface area (TPSA) is 38.3 Å². The van der Waals surface area contributed by atoms with Crippen LogP contribution < -0.4 is 10.1 Å². The van der Waals surface area contributed by atoms with Crippen molar-refractivity contribution < 1.29 is 9.53 Å². The van der Waals surface area contributed by atoms with Crippen molar-refractivity contribution in [3.05, 3.63) is 65.7 Å². The highest BCUT2D eigenvalue weighted by molar-refractivity contribution is 5.97. The van der Waals surface area contributed by atoms with Gasteiger partial charge in [0.05, 0.1) is 5.56 Å². The molecule has 2 rings (SSSR count). The third kappa shape index (κ3) is 4.62. The molecule has 1 N–H and O–H groups in total. The van der Waals surface area contributed by atoms with E-state index in [-0.39, 0.29) is 11.9 Å². The number of para-hydroxylation sites is 1. The quantitative estimate of drug-likeness (QED) is 0.832. The molecule has 0 fully saturated rings. The maximum absolute atomic E-state index is 12.4. The van der Waals surface area contributed by atoms with E-state index in [0.717, 1.165) is 18.4 Å². The van der Waals surface area contributed by atoms with Gasteiger partial charge in [0.1, 0.15) is 12.4 Å². The second kappa shape index (κ2) is 8.23. The summed E-state index contributed by atoms with van der Waals surface area (Å²) in [5.74, 6) is 0.539. The summed E-state index contributed by atoms with van der Waals surface area (Å²) in [6, 6.07) is 17.5. The molecule has 0 aromatic heterocycles. The molecule has 1 atom stereocenters. The lowest BCUT2D eigenvalue weighted by Gasteiger charge is -2.15. The summed E-state index contributed by atoms with van der Waals surface area (Å²) < 4.78 is 5.83. The molecule has 0 bridgehead atoms. The number of nitrogens with one attached hydrogen (secondary N) is 1. The molecule has 0 radical (unpaired) electrons. The number of benzene rings is 2. The summed E-state index contributed by atoms with van der Waals surface area (Å²) in [7, 11) is 0. The SMILES string of the molecule is CCCC(C)NC(=O)c1ccccc1OCc1ccccc1. The molecule has 0 saturated heterocycles. The Morgan fingerprint density at radius 3 is 2.50 bits per heavy atom. The zero-order valence-corrected chi connectivity index (χ0v) is 13.2. The van der Waals surface area contributed by atoms with Gasteiger partial charge in [0.2, 0.25) is 0 Å². The van der Waals surface area contributed by atoms with Crippen LogP contribution in [-0.2, 0) is 6.61 Å². The zero-order valence-electron chi connectivity index (χ0n) is 13.2. The first kappa shape index (κ1) is 16.1. The van der Waals surface area contributed by atoms with Gasteiger partial charge in [-0.1, -0.05) is 55.8 Å². The lowest BCUT2D eigenvalue weighted by molar-refractivity contribution is 0.0934. The van der Waals surface area contributed by atoms with E-state index in [1.807, 2.05) is 55.5 Å². The van der Waals surface area contributed by atoms with Crippen molar-refractivity contribution in [1.82, 2.24) is 5.32 Å². The molecule has 0 aliphatic rings. The van der Waals surface area contributed by atoms with Crippen LogP contribution in [0.2, 0.25) is 0 Å². The van der Waals surface area contributed by atoms with Crippen LogP contribution in [0.5, 0.6) is 5.75 Å². The molecule has 0 spiro atoms. The Balaban J connectivity index is 2.04. The maximum Gasteiger partial charge on any atom is 0.255 e. The van der Waals surface area contributed by atoms with Crippen LogP contribution in [0.4, 0.5) is 0 Å². The Kier molecular flexibility index (Phi) is 6.01. The van der Waals surface area contributed by atoms with Gasteiger partial charge < -0.3 is 10.1 Å². The van der Waals surface area contributed by atoms with E-state index in [1.54, 1.807) is 6.07 Å². The molecular weight excluding hydrogens is 274 g/mol. The van der Waals surface area contributed by atoms with E-state index in [4.69, 9.17) is 4.74 Å². The standard InChI is InChI=1S/C19H23NO2/c1-3-9-15(2)20-19(21)17-12-7-8-13-18(17)22-14-16-10-5-4-6-11-16/h4-8,10-13,15H,3,9,14H2,1-2H3,(H,20,21). The Hall–Kier alpha value is -2.29. The molecule has 2 aromatic rings. The average molecular weight is 297 g/mol. The number of rotatable bonds is 7. The molecule has 0 saturated carbocycles. The zero-order chi connectivity index (χ0) is 15.8. The van der Waals surface area contributed by atoms with Crippen LogP contribution in [0.25, 0.3) is 0 Å². The number of ether oxygens (including phenoxy) is 1. The Morgan fingerprint density at radius 2 is 1.77 bits per heavy atom. The van der Waals surface area contributed by atoms with Crippen LogP contribution in [0.15, 0.2) is 54.6 Å². The maximum atomic E-state index is 12.4. The normalized spacial score (nSPS) is 11.7. The van der Waals surface area contributed by atoms with E-state index < -0.39 is 0 Å². The van der Waals surface area contributed by atoms with Crippen LogP contribution >= 0.6 is 0 Å². The monoisotopic (exact) mass is 297 g/mol. The minimum absolute atomic E-state index is 0.0791. The lowest BCUT2D eigenvalue weighted by Crippen LogP contribution is -2.32. The van der Waals surface area contributed by atoms with Crippen molar-refractivity contribution in [3.63, 3.8) is 0 Å². The van der Waals surface area contributed by atoms with Crippen molar-refractivity contribution in [3.8, 4) is 5.75 Å². The van der Waals surface area contributed by atoms with Crippen molar-refractivity contribution in [2.75, 3.05) is 0 Å². The number of carbonyl (C=O) groups excluding carboxylic acids is 1. The highest BCUT2D eigenvalue weighted by atomic mass is 16.5. The summed E-state index contributed by atoms with van der Waals surface area (Å²) >= 11 is 0. The Labute approximate surface area is 132 Å². The average Bonchev–Trinajstić information content (AvgIpc) is 2.54. The Bertz CT molecular complexity index is 595. The van der Waals surface area contributed by atoms with E-state index in [0.29, 0.717) is 17.9 Å². The van der Waals surface area contributed by atoms with Crippen molar-refractivity contribution in [2.45, 2.75) is 39.3 Å². The third-order valence-electron chi connectivity index (χ3n) is 3.47. The molecule has 116 valence electrons. The molecule has 0 heterocycles. The van der Waals surface area contributed by atoms with Crippen molar-refractivity contribution in [2.24, 2.45) is 0 Å². The van der Waals surface area contributed by atoms with E-state index in [1.165, 1.54) is 0 Å². The van der Waals surface area contributed by atoms with Gasteiger partial charge >= 0.3 is 0 Å². The third-order valence-corrected chi connectivity index (χ3v) is 3.47. The van der Waals surface area contributed by atoms with Crippen molar-refractivity contribution in [1.29, 1.82) is 0 Å². The summed E-state index contributed by atoms with van der Waals surface area (Å²) in [5.41, 5.74) is 1.67. The minimum atomic E-state index is -0.0791. The predicted molar refractivity (Wildman–Crippen MR) is 89.1 cm³/mol. The number of carbonyl (C=O) groups is 1. The first-order chi connectivity index (χ1) is 10.7. The van der Waals surface area contributed by atoms with Crippen LogP contribution in [0.3, 0.4) is 0 Å². The second-order valence-electron chi connectivity index (χ2n) is 5.43. The highest BCUT2D eigenvalue weighted by Gasteiger charge is 2.14. The molecule has 22 heavy (non-hydrogen) atoms. The van der Waals surface area contributed by atoms with Gasteiger partial charge in [0, 0.05) is 6.04 Å². The predicted octanol–water partition coefficient (Wildman–Crippen LogP) is 4.18. The van der Waals surface area contributed by atoms with E-state index >= 15 is 0 Å². The molecule has 1 unspecified atom stereocenters. The summed E-state index contributed by atoms with van der Waals surface area (Å²) in [6.45, 7) is 4.59. The van der Waals surface area contributed by atoms with Crippen LogP contribution in [0, 0.1) is 0 Å². The van der Waals surface area contributed by atoms with E-state index in [9.17, 15) is 4.79 Å². The molecule has 3 heteroatoms. The van der Waals surface area contributed by atoms with Gasteiger partial charge in [-0.3, -0.25) is 4.79 Å². The molecule has 1 amide bonds. The van der Waals surface area contributed by atoms with Crippen LogP contribution in [0.1, 0.15) is 42.6 Å². The lowest BCUT2D eigenvalue weighted by atomic mass is 10.1. The smallest absolute Gasteiger partial charge is 0.255 e. The highest BCUT2D eigenvalue weighted by Crippen LogP contribution is 2.19. The molecule has 0 aliphatic carbocycles. The van der Waals surface area contributed by atoms with Gasteiger partial charge in [-0.25, -0.2) is 0 Å². The fourth-order valence-electron chi connectivity index (χ4n) is 2.32. The van der Waals surface area contributed by atoms with E-state index in [2.05, 4.69) is 12.2 Å². The second-order valence-corrected chi connectivity index (χ2v) is 5.43. The molecule has 3 nitrogen and oxygen atoms in total. The molecule has 0 aliphatic heterocycles. The minimum Gasteiger partial charge on any atom is -0.488 e. The Morgan fingerprint density at radius 1 is 1.09 bits per heavy atom. The summed E-state index contributed by atoms with van der Waals surface area (Å²) in [6.07, 6.45) is 2.02. The fraction of sp³-hybridized carbons (Fsp3) is 0.316. The van der Waals surface area contributed by atoms with Gasteiger partial charge in [0.15, 0.2) is 0 Å². The van der Waals surface area contributed by atoms with Gasteiger partial charge in [-0.15, -0.1) is 0 Å². The molecule has 2 aromatic carbocycles. The summed E-state index contributed by atoms with van der Waals surface area (Å²) in [5, 5.41) is 3.02. The number of amides is 1.